The van der Waals surface area contributed by atoms with Crippen LogP contribution in [0.15, 0.2) is 376 Å². The minimum Gasteiger partial charge on any atom is -0.311 e. The molecule has 3 heterocycles. The predicted octanol–water partition coefficient (Wildman–Crippen LogP) is 23.6. The summed E-state index contributed by atoms with van der Waals surface area (Å²) in [5.74, 6) is 0. The molecule has 0 saturated carbocycles. The minimum atomic E-state index is -0.608. The van der Waals surface area contributed by atoms with Gasteiger partial charge in [-0.25, -0.2) is 0 Å². The third kappa shape index (κ3) is 6.96. The maximum Gasteiger partial charge on any atom is 0.252 e. The van der Waals surface area contributed by atoms with Gasteiger partial charge < -0.3 is 14.4 Å². The lowest BCUT2D eigenvalue weighted by molar-refractivity contribution is 0.793. The van der Waals surface area contributed by atoms with Crippen molar-refractivity contribution in [3.63, 3.8) is 0 Å². The Balaban J connectivity index is 0.827. The first-order valence-corrected chi connectivity index (χ1v) is 38.4. The number of aromatic nitrogens is 1. The molecule has 500 valence electrons. The van der Waals surface area contributed by atoms with Crippen molar-refractivity contribution in [3.05, 3.63) is 443 Å². The Morgan fingerprint density at radius 1 is 0.202 bits per heavy atom. The molecule has 0 atom stereocenters. The van der Waals surface area contributed by atoms with Crippen LogP contribution < -0.4 is 26.2 Å². The molecular weight excluding hydrogens is 1310 g/mol. The van der Waals surface area contributed by atoms with Gasteiger partial charge in [0.15, 0.2) is 0 Å². The molecule has 0 radical (unpaired) electrons. The van der Waals surface area contributed by atoms with E-state index in [4.69, 9.17) is 0 Å². The van der Waals surface area contributed by atoms with E-state index in [1.165, 1.54) is 177 Å². The summed E-state index contributed by atoms with van der Waals surface area (Å²) < 4.78 is 2.57. The van der Waals surface area contributed by atoms with Crippen molar-refractivity contribution in [1.82, 2.24) is 4.57 Å². The maximum atomic E-state index is 2.73. The highest BCUT2D eigenvalue weighted by molar-refractivity contribution is 7.00. The molecule has 0 fully saturated rings. The molecule has 26 rings (SSSR count). The number of hydrogen-bond donors (Lipinski definition) is 0. The molecule has 6 aliphatic carbocycles. The first kappa shape index (κ1) is 58.5. The van der Waals surface area contributed by atoms with Crippen LogP contribution in [0.3, 0.4) is 0 Å². The second-order valence-electron chi connectivity index (χ2n) is 31.1. The topological polar surface area (TPSA) is 11.4 Å². The van der Waals surface area contributed by atoms with Crippen LogP contribution >= 0.6 is 0 Å². The Morgan fingerprint density at radius 2 is 0.587 bits per heavy atom. The lowest BCUT2D eigenvalue weighted by Crippen LogP contribution is -2.61. The Morgan fingerprint density at radius 3 is 1.10 bits per heavy atom. The van der Waals surface area contributed by atoms with Gasteiger partial charge in [0, 0.05) is 44.8 Å². The summed E-state index contributed by atoms with van der Waals surface area (Å²) in [6.07, 6.45) is 0. The van der Waals surface area contributed by atoms with Crippen molar-refractivity contribution >= 4 is 79.0 Å². The Kier molecular flexibility index (Phi) is 11.2. The van der Waals surface area contributed by atoms with Crippen LogP contribution in [0.25, 0.3) is 105 Å². The van der Waals surface area contributed by atoms with Gasteiger partial charge in [0.2, 0.25) is 0 Å². The van der Waals surface area contributed by atoms with Gasteiger partial charge >= 0.3 is 0 Å². The van der Waals surface area contributed by atoms with Gasteiger partial charge in [-0.1, -0.05) is 322 Å². The van der Waals surface area contributed by atoms with E-state index in [0.29, 0.717) is 0 Å². The van der Waals surface area contributed by atoms with E-state index in [1.807, 2.05) is 0 Å². The average molecular weight is 1380 g/mol. The summed E-state index contributed by atoms with van der Waals surface area (Å²) in [6.45, 7) is -0.273. The lowest BCUT2D eigenvalue weighted by Gasteiger charge is -2.45. The summed E-state index contributed by atoms with van der Waals surface area (Å²) in [4.78, 5) is 5.46. The Hall–Kier alpha value is -13.8. The summed E-state index contributed by atoms with van der Waals surface area (Å²) in [5.41, 5.74) is 46.0. The highest BCUT2D eigenvalue weighted by Gasteiger charge is 2.57. The Bertz CT molecular complexity index is 6980. The molecule has 3 nitrogen and oxygen atoms in total. The highest BCUT2D eigenvalue weighted by atomic mass is 15.2. The van der Waals surface area contributed by atoms with Gasteiger partial charge in [0.25, 0.3) is 6.71 Å². The number of nitrogens with zero attached hydrogens (tertiary/aromatic N) is 3. The van der Waals surface area contributed by atoms with Crippen LogP contribution in [0.2, 0.25) is 0 Å². The largest absolute Gasteiger partial charge is 0.311 e. The van der Waals surface area contributed by atoms with E-state index in [9.17, 15) is 0 Å². The van der Waals surface area contributed by atoms with Crippen LogP contribution in [0.1, 0.15) is 66.8 Å². The number of rotatable bonds is 4. The summed E-state index contributed by atoms with van der Waals surface area (Å²) in [6, 6.07) is 146. The molecule has 3 spiro atoms. The van der Waals surface area contributed by atoms with E-state index < -0.39 is 16.2 Å². The van der Waals surface area contributed by atoms with Crippen LogP contribution in [0, 0.1) is 0 Å². The Labute approximate surface area is 631 Å². The molecule has 8 aliphatic rings. The van der Waals surface area contributed by atoms with Crippen molar-refractivity contribution in [3.8, 4) is 83.6 Å². The molecule has 4 heteroatoms. The average Bonchev–Trinajstić information content (AvgIpc) is 1.57. The number of benzene rings is 17. The van der Waals surface area contributed by atoms with Crippen molar-refractivity contribution < 1.29 is 0 Å². The van der Waals surface area contributed by atoms with Gasteiger partial charge in [-0.15, -0.1) is 0 Å². The van der Waals surface area contributed by atoms with E-state index in [2.05, 4.69) is 390 Å². The third-order valence-electron chi connectivity index (χ3n) is 26.6. The zero-order chi connectivity index (χ0) is 70.7. The van der Waals surface area contributed by atoms with Gasteiger partial charge in [0.05, 0.1) is 38.7 Å². The summed E-state index contributed by atoms with van der Waals surface area (Å²) in [5, 5.41) is 2.44. The first-order valence-electron chi connectivity index (χ1n) is 38.4. The van der Waals surface area contributed by atoms with E-state index in [1.54, 1.807) is 0 Å². The second-order valence-corrected chi connectivity index (χ2v) is 31.1. The first-order chi connectivity index (χ1) is 54.1. The predicted molar refractivity (Wildman–Crippen MR) is 449 cm³/mol. The van der Waals surface area contributed by atoms with Crippen LogP contribution in [-0.2, 0) is 16.2 Å². The van der Waals surface area contributed by atoms with Crippen molar-refractivity contribution in [1.29, 1.82) is 0 Å². The number of hydrogen-bond acceptors (Lipinski definition) is 2. The fourth-order valence-corrected chi connectivity index (χ4v) is 22.8. The van der Waals surface area contributed by atoms with Crippen molar-refractivity contribution in [2.24, 2.45) is 0 Å². The molecule has 1 aromatic heterocycles. The normalized spacial score (nSPS) is 15.0. The highest BCUT2D eigenvalue weighted by Crippen LogP contribution is 2.68. The number of para-hydroxylation sites is 2. The van der Waals surface area contributed by atoms with Crippen LogP contribution in [0.5, 0.6) is 0 Å². The molecule has 18 aromatic rings. The van der Waals surface area contributed by atoms with E-state index in [0.717, 1.165) is 45.2 Å². The zero-order valence-electron chi connectivity index (χ0n) is 59.2. The van der Waals surface area contributed by atoms with Gasteiger partial charge in [-0.2, -0.15) is 0 Å². The molecular formula is C105H62BN3. The quantitative estimate of drug-likeness (QED) is 0.163. The smallest absolute Gasteiger partial charge is 0.252 e. The van der Waals surface area contributed by atoms with Crippen LogP contribution in [-0.4, -0.2) is 11.3 Å². The molecule has 0 unspecified atom stereocenters. The molecule has 2 aliphatic heterocycles. The van der Waals surface area contributed by atoms with Gasteiger partial charge in [-0.05, 0) is 210 Å². The minimum absolute atomic E-state index is 0.273. The molecule has 0 bridgehead atoms. The van der Waals surface area contributed by atoms with Crippen LogP contribution in [0.4, 0.5) is 34.1 Å². The molecule has 0 saturated heterocycles. The fraction of sp³-hybridized carbons (Fsp3) is 0.0286. The SMILES string of the molecule is c1ccc(-c2ccc3c(c2)B2c4cc5c(cc4N(c4ccc6c(c4)-c4ccccc4C64c6ccccc6-c6ccccc64)c4cc(-n6c7ccccc7c7ccccc76)cc(c42)N3c2cccc3c2-c2ccccc2C32c3ccccc3-c3ccccc32)-c2ccccc2C52c3ccccc3-c3ccccc32)cc1. The molecule has 0 amide bonds. The molecule has 109 heavy (non-hydrogen) atoms. The standard InChI is InChI=1S/C105H62BN3/c1-2-27-63(28-3-1)64-53-56-96-92(57-64)106-93-62-91-79(74-36-11-22-47-87(74)105(91)84-44-19-8-33-71(84)72-34-9-20-45-85(72)105)61-98(93)107(65-54-55-89-78(58-65)73-35-10-21-46-86(73)103(89)80-40-15-4-29-67(80)68-30-5-16-41-81(68)103)99-59-66(108-94-50-24-13-37-75(94)76-38-14-25-51-95(76)108)60-100(102(99)106)109(96)97-52-26-49-90-101(97)77-39-12-23-48-88(77)104(90)82-42-17-6-31-69(82)70-32-7-18-43-83(70)104/h1-62H. The van der Waals surface area contributed by atoms with Crippen molar-refractivity contribution in [2.75, 3.05) is 9.80 Å². The number of fused-ring (bicyclic) bond motifs is 37. The zero-order valence-corrected chi connectivity index (χ0v) is 59.2. The second kappa shape index (κ2) is 20.8. The molecule has 0 N–H and O–H groups in total. The van der Waals surface area contributed by atoms with Gasteiger partial charge in [-0.3, -0.25) is 0 Å². The monoisotopic (exact) mass is 1380 g/mol. The van der Waals surface area contributed by atoms with Crippen molar-refractivity contribution in [2.45, 2.75) is 16.2 Å². The van der Waals surface area contributed by atoms with E-state index >= 15 is 0 Å². The van der Waals surface area contributed by atoms with E-state index in [-0.39, 0.29) is 6.71 Å². The van der Waals surface area contributed by atoms with Gasteiger partial charge in [0.1, 0.15) is 0 Å². The molecule has 17 aromatic carbocycles. The summed E-state index contributed by atoms with van der Waals surface area (Å²) >= 11 is 0. The fourth-order valence-electron chi connectivity index (χ4n) is 22.8. The summed E-state index contributed by atoms with van der Waals surface area (Å²) in [7, 11) is 0. The lowest BCUT2D eigenvalue weighted by atomic mass is 9.33. The third-order valence-corrected chi connectivity index (χ3v) is 26.6. The maximum absolute atomic E-state index is 2.73. The number of anilines is 6.